The molecule has 0 atom stereocenters. The number of aryl methyl sites for hydroxylation is 1. The van der Waals surface area contributed by atoms with Crippen LogP contribution in [0.4, 0.5) is 5.69 Å². The Balaban J connectivity index is 0.00000210. The highest BCUT2D eigenvalue weighted by atomic mass is 32.2. The van der Waals surface area contributed by atoms with Crippen LogP contribution in [0.1, 0.15) is 60.4 Å². The van der Waals surface area contributed by atoms with Gasteiger partial charge in [-0.2, -0.15) is 0 Å². The molecule has 186 valence electrons. The van der Waals surface area contributed by atoms with Crippen LogP contribution in [-0.4, -0.2) is 36.3 Å². The van der Waals surface area contributed by atoms with Crippen LogP contribution in [0.3, 0.4) is 0 Å². The van der Waals surface area contributed by atoms with E-state index in [-0.39, 0.29) is 21.7 Å². The molecule has 0 aliphatic carbocycles. The monoisotopic (exact) mass is 496 g/mol. The molecule has 7 nitrogen and oxygen atoms in total. The number of aromatic carboxylic acids is 1. The average Bonchev–Trinajstić information content (AvgIpc) is 3.21. The second-order valence-electron chi connectivity index (χ2n) is 8.04. The number of carbonyl (C=O) groups is 2. The Morgan fingerprint density at radius 2 is 1.71 bits per heavy atom. The van der Waals surface area contributed by atoms with E-state index in [1.807, 2.05) is 39.8 Å². The van der Waals surface area contributed by atoms with E-state index in [4.69, 9.17) is 0 Å². The predicted molar refractivity (Wildman–Crippen MR) is 139 cm³/mol. The van der Waals surface area contributed by atoms with Crippen LogP contribution in [0.15, 0.2) is 82.9 Å². The van der Waals surface area contributed by atoms with E-state index in [0.29, 0.717) is 18.7 Å². The Morgan fingerprint density at radius 3 is 2.29 bits per heavy atom. The number of nitrogens with zero attached hydrogens (tertiary/aromatic N) is 1. The van der Waals surface area contributed by atoms with Gasteiger partial charge in [0.2, 0.25) is 0 Å². The first kappa shape index (κ1) is 27.6. The first-order valence-electron chi connectivity index (χ1n) is 11.3. The number of hydrogen-bond donors (Lipinski definition) is 2. The maximum absolute atomic E-state index is 13.1. The molecule has 1 aliphatic heterocycles. The van der Waals surface area contributed by atoms with Gasteiger partial charge in [-0.25, -0.2) is 13.2 Å². The van der Waals surface area contributed by atoms with Crippen molar-refractivity contribution in [2.75, 3.05) is 11.9 Å². The number of benzene rings is 2. The normalized spacial score (nSPS) is 14.3. The smallest absolute Gasteiger partial charge is 0.337 e. The lowest BCUT2D eigenvalue weighted by Crippen LogP contribution is -2.26. The molecule has 1 fully saturated rings. The number of amides is 1. The van der Waals surface area contributed by atoms with E-state index in [9.17, 15) is 23.1 Å². The molecule has 0 saturated carbocycles. The van der Waals surface area contributed by atoms with Gasteiger partial charge in [0.15, 0.2) is 0 Å². The fourth-order valence-electron chi connectivity index (χ4n) is 3.42. The quantitative estimate of drug-likeness (QED) is 0.528. The molecule has 2 aromatic rings. The molecule has 2 aromatic carbocycles. The minimum Gasteiger partial charge on any atom is -0.478 e. The van der Waals surface area contributed by atoms with Crippen molar-refractivity contribution in [1.29, 1.82) is 0 Å². The van der Waals surface area contributed by atoms with Gasteiger partial charge in [-0.15, -0.1) is 0 Å². The summed E-state index contributed by atoms with van der Waals surface area (Å²) in [6.45, 7) is 13.9. The molecule has 35 heavy (non-hydrogen) atoms. The molecule has 1 saturated heterocycles. The fourth-order valence-corrected chi connectivity index (χ4v) is 4.89. The molecule has 0 spiro atoms. The number of rotatable bonds is 6. The van der Waals surface area contributed by atoms with Gasteiger partial charge in [0.05, 0.1) is 16.1 Å². The van der Waals surface area contributed by atoms with Crippen molar-refractivity contribution in [3.63, 3.8) is 0 Å². The maximum atomic E-state index is 13.1. The third-order valence-corrected chi connectivity index (χ3v) is 7.08. The van der Waals surface area contributed by atoms with Crippen molar-refractivity contribution in [3.8, 4) is 0 Å². The Morgan fingerprint density at radius 1 is 1.09 bits per heavy atom. The topological polar surface area (TPSA) is 104 Å². The Kier molecular flexibility index (Phi) is 9.19. The summed E-state index contributed by atoms with van der Waals surface area (Å²) in [5.41, 5.74) is 3.51. The van der Waals surface area contributed by atoms with Gasteiger partial charge in [0, 0.05) is 17.8 Å². The zero-order valence-electron chi connectivity index (χ0n) is 20.8. The highest BCUT2D eigenvalue weighted by Gasteiger charge is 2.31. The van der Waals surface area contributed by atoms with Gasteiger partial charge in [-0.1, -0.05) is 49.8 Å². The van der Waals surface area contributed by atoms with Gasteiger partial charge in [-0.05, 0) is 69.2 Å². The standard InChI is InChI=1S/C25H26N2O5S.C2H6/c1-16(2)5-7-19-13-14-27(18(19)4)33(31,32)21-10-8-20(9-11-21)24(28)26-23-12-6-17(3)15-22(23)25(29)30;1-2/h5-12,15H,4,13-14H2,1-3H3,(H,26,28)(H,29,30);1-2H3/b19-7-;. The first-order valence-corrected chi connectivity index (χ1v) is 12.8. The summed E-state index contributed by atoms with van der Waals surface area (Å²) in [5.74, 6) is -1.69. The van der Waals surface area contributed by atoms with Crippen LogP contribution < -0.4 is 5.32 Å². The van der Waals surface area contributed by atoms with Crippen LogP contribution in [0, 0.1) is 6.92 Å². The summed E-state index contributed by atoms with van der Waals surface area (Å²) < 4.78 is 27.5. The molecule has 0 unspecified atom stereocenters. The minimum absolute atomic E-state index is 0.0212. The maximum Gasteiger partial charge on any atom is 0.337 e. The molecule has 0 bridgehead atoms. The fraction of sp³-hybridized carbons (Fsp3) is 0.259. The highest BCUT2D eigenvalue weighted by Crippen LogP contribution is 2.32. The number of hydrogen-bond acceptors (Lipinski definition) is 4. The molecule has 1 amide bonds. The minimum atomic E-state index is -3.82. The van der Waals surface area contributed by atoms with Gasteiger partial charge >= 0.3 is 5.97 Å². The van der Waals surface area contributed by atoms with Crippen LogP contribution in [0.25, 0.3) is 0 Å². The third-order valence-electron chi connectivity index (χ3n) is 5.23. The van der Waals surface area contributed by atoms with E-state index in [1.54, 1.807) is 13.0 Å². The summed E-state index contributed by atoms with van der Waals surface area (Å²) in [6.07, 6.45) is 4.38. The molecule has 1 aliphatic rings. The lowest BCUT2D eigenvalue weighted by atomic mass is 10.1. The van der Waals surface area contributed by atoms with Gasteiger partial charge in [0.1, 0.15) is 0 Å². The van der Waals surface area contributed by atoms with Crippen molar-refractivity contribution in [1.82, 2.24) is 4.31 Å². The number of carboxylic acid groups (broad SMARTS) is 1. The number of carboxylic acids is 1. The van der Waals surface area contributed by atoms with Crippen molar-refractivity contribution < 1.29 is 23.1 Å². The molecule has 8 heteroatoms. The van der Waals surface area contributed by atoms with E-state index in [2.05, 4.69) is 11.9 Å². The molecule has 1 heterocycles. The summed E-state index contributed by atoms with van der Waals surface area (Å²) in [6, 6.07) is 10.2. The summed E-state index contributed by atoms with van der Waals surface area (Å²) in [4.78, 5) is 24.1. The molecule has 3 rings (SSSR count). The van der Waals surface area contributed by atoms with Crippen molar-refractivity contribution >= 4 is 27.6 Å². The SMILES string of the molecule is C=C1/C(=C\C=C(C)C)CCN1S(=O)(=O)c1ccc(C(=O)Nc2ccc(C)cc2C(=O)O)cc1.CC. The average molecular weight is 497 g/mol. The predicted octanol–water partition coefficient (Wildman–Crippen LogP) is 5.77. The molecule has 2 N–H and O–H groups in total. The summed E-state index contributed by atoms with van der Waals surface area (Å²) in [7, 11) is -3.82. The number of sulfonamides is 1. The lowest BCUT2D eigenvalue weighted by Gasteiger charge is -2.19. The van der Waals surface area contributed by atoms with E-state index >= 15 is 0 Å². The summed E-state index contributed by atoms with van der Waals surface area (Å²) in [5, 5.41) is 11.9. The van der Waals surface area contributed by atoms with E-state index < -0.39 is 21.9 Å². The van der Waals surface area contributed by atoms with Crippen LogP contribution in [0.5, 0.6) is 0 Å². The number of allylic oxidation sites excluding steroid dienone is 4. The molecule has 0 radical (unpaired) electrons. The molecular formula is C27H32N2O5S. The second-order valence-corrected chi connectivity index (χ2v) is 9.90. The van der Waals surface area contributed by atoms with Crippen molar-refractivity contribution in [3.05, 3.63) is 94.7 Å². The molecule has 0 aromatic heterocycles. The van der Waals surface area contributed by atoms with Crippen molar-refractivity contribution in [2.24, 2.45) is 0 Å². The van der Waals surface area contributed by atoms with Crippen LogP contribution in [0.2, 0.25) is 0 Å². The molecular weight excluding hydrogens is 464 g/mol. The number of carbonyl (C=O) groups excluding carboxylic acids is 1. The van der Waals surface area contributed by atoms with Crippen LogP contribution >= 0.6 is 0 Å². The first-order chi connectivity index (χ1) is 16.5. The summed E-state index contributed by atoms with van der Waals surface area (Å²) >= 11 is 0. The van der Waals surface area contributed by atoms with E-state index in [1.165, 1.54) is 40.7 Å². The van der Waals surface area contributed by atoms with Crippen molar-refractivity contribution in [2.45, 2.75) is 45.9 Å². The van der Waals surface area contributed by atoms with Gasteiger partial charge < -0.3 is 10.4 Å². The highest BCUT2D eigenvalue weighted by molar-refractivity contribution is 7.89. The second kappa shape index (κ2) is 11.7. The number of nitrogens with one attached hydrogen (secondary N) is 1. The van der Waals surface area contributed by atoms with Crippen LogP contribution in [-0.2, 0) is 10.0 Å². The largest absolute Gasteiger partial charge is 0.478 e. The van der Waals surface area contributed by atoms with Gasteiger partial charge in [0.25, 0.3) is 15.9 Å². The third kappa shape index (κ3) is 6.48. The van der Waals surface area contributed by atoms with E-state index in [0.717, 1.165) is 16.7 Å². The Labute approximate surface area is 207 Å². The van der Waals surface area contributed by atoms with Gasteiger partial charge in [-0.3, -0.25) is 9.10 Å². The number of anilines is 1. The Bertz CT molecular complexity index is 1290. The Hall–Kier alpha value is -3.65. The zero-order chi connectivity index (χ0) is 26.3. The lowest BCUT2D eigenvalue weighted by molar-refractivity contribution is 0.0698. The zero-order valence-corrected chi connectivity index (χ0v) is 21.6.